The van der Waals surface area contributed by atoms with Crippen LogP contribution in [0.4, 0.5) is 0 Å². The number of hydrogen-bond acceptors (Lipinski definition) is 3. The van der Waals surface area contributed by atoms with Crippen LogP contribution in [0, 0.1) is 0 Å². The Kier molecular flexibility index (Phi) is 4.13. The van der Waals surface area contributed by atoms with Crippen molar-refractivity contribution in [2.24, 2.45) is 0 Å². The minimum atomic E-state index is 0.0569. The number of rotatable bonds is 5. The summed E-state index contributed by atoms with van der Waals surface area (Å²) in [4.78, 5) is 11.4. The molecule has 1 saturated heterocycles. The number of hydrogen-bond donors (Lipinski definition) is 1. The molecule has 88 valence electrons. The van der Waals surface area contributed by atoms with E-state index in [0.29, 0.717) is 12.6 Å². The zero-order chi connectivity index (χ0) is 11.2. The average Bonchev–Trinajstić information content (AvgIpc) is 2.79. The lowest BCUT2D eigenvalue weighted by molar-refractivity contribution is 0.110. The van der Waals surface area contributed by atoms with E-state index < -0.39 is 0 Å². The summed E-state index contributed by atoms with van der Waals surface area (Å²) in [5, 5.41) is 3.32. The monoisotopic (exact) mass is 222 g/mol. The van der Waals surface area contributed by atoms with Crippen LogP contribution in [0.1, 0.15) is 12.8 Å². The van der Waals surface area contributed by atoms with Gasteiger partial charge in [-0.25, -0.2) is 0 Å². The predicted molar refractivity (Wildman–Crippen MR) is 62.5 cm³/mol. The lowest BCUT2D eigenvalue weighted by Crippen LogP contribution is -2.31. The van der Waals surface area contributed by atoms with E-state index in [1.165, 1.54) is 6.42 Å². The first-order valence-electron chi connectivity index (χ1n) is 5.84. The summed E-state index contributed by atoms with van der Waals surface area (Å²) in [5.74, 6) is 0. The molecule has 4 heteroatoms. The van der Waals surface area contributed by atoms with Crippen LogP contribution in [0.5, 0.6) is 0 Å². The van der Waals surface area contributed by atoms with Gasteiger partial charge in [0.05, 0.1) is 6.10 Å². The highest BCUT2D eigenvalue weighted by molar-refractivity contribution is 4.93. The van der Waals surface area contributed by atoms with Crippen molar-refractivity contribution in [3.05, 3.63) is 34.7 Å². The van der Waals surface area contributed by atoms with Crippen molar-refractivity contribution < 1.29 is 4.74 Å². The van der Waals surface area contributed by atoms with Gasteiger partial charge in [0, 0.05) is 38.5 Å². The van der Waals surface area contributed by atoms with E-state index in [2.05, 4.69) is 5.32 Å². The first kappa shape index (κ1) is 11.4. The van der Waals surface area contributed by atoms with Gasteiger partial charge in [-0.05, 0) is 18.9 Å². The van der Waals surface area contributed by atoms with Crippen molar-refractivity contribution in [1.82, 2.24) is 9.88 Å². The molecule has 4 nitrogen and oxygen atoms in total. The molecule has 1 aliphatic rings. The smallest absolute Gasteiger partial charge is 0.250 e. The summed E-state index contributed by atoms with van der Waals surface area (Å²) in [7, 11) is 0. The molecule has 0 saturated carbocycles. The average molecular weight is 222 g/mol. The Morgan fingerprint density at radius 1 is 1.50 bits per heavy atom. The van der Waals surface area contributed by atoms with Gasteiger partial charge >= 0.3 is 0 Å². The molecule has 0 bridgehead atoms. The topological polar surface area (TPSA) is 43.3 Å². The fourth-order valence-electron chi connectivity index (χ4n) is 1.91. The fraction of sp³-hybridized carbons (Fsp3) is 0.583. The third-order valence-electron chi connectivity index (χ3n) is 2.82. The fourth-order valence-corrected chi connectivity index (χ4v) is 1.91. The van der Waals surface area contributed by atoms with Gasteiger partial charge in [-0.15, -0.1) is 0 Å². The quantitative estimate of drug-likeness (QED) is 0.743. The summed E-state index contributed by atoms with van der Waals surface area (Å²) in [6.07, 6.45) is 4.51. The maximum absolute atomic E-state index is 11.4. The molecule has 1 aromatic heterocycles. The van der Waals surface area contributed by atoms with E-state index in [0.717, 1.165) is 26.1 Å². The second-order valence-corrected chi connectivity index (χ2v) is 4.07. The highest BCUT2D eigenvalue weighted by atomic mass is 16.5. The highest BCUT2D eigenvalue weighted by Gasteiger charge is 2.14. The van der Waals surface area contributed by atoms with Crippen molar-refractivity contribution in [3.63, 3.8) is 0 Å². The molecule has 0 amide bonds. The van der Waals surface area contributed by atoms with Crippen LogP contribution in [-0.4, -0.2) is 30.4 Å². The van der Waals surface area contributed by atoms with Gasteiger partial charge in [-0.3, -0.25) is 4.79 Å². The molecule has 1 atom stereocenters. The van der Waals surface area contributed by atoms with Crippen LogP contribution in [0.3, 0.4) is 0 Å². The van der Waals surface area contributed by atoms with Crippen LogP contribution in [-0.2, 0) is 11.3 Å². The van der Waals surface area contributed by atoms with E-state index in [9.17, 15) is 4.79 Å². The van der Waals surface area contributed by atoms with Gasteiger partial charge < -0.3 is 14.6 Å². The molecular weight excluding hydrogens is 204 g/mol. The Morgan fingerprint density at radius 3 is 3.19 bits per heavy atom. The zero-order valence-electron chi connectivity index (χ0n) is 9.39. The second kappa shape index (κ2) is 5.82. The second-order valence-electron chi connectivity index (χ2n) is 4.07. The molecule has 1 aromatic rings. The van der Waals surface area contributed by atoms with Crippen LogP contribution >= 0.6 is 0 Å². The van der Waals surface area contributed by atoms with E-state index in [1.54, 1.807) is 16.7 Å². The molecule has 1 unspecified atom stereocenters. The maximum Gasteiger partial charge on any atom is 0.250 e. The van der Waals surface area contributed by atoms with Gasteiger partial charge in [0.25, 0.3) is 5.56 Å². The predicted octanol–water partition coefficient (Wildman–Crippen LogP) is 0.617. The van der Waals surface area contributed by atoms with Crippen LogP contribution in [0.2, 0.25) is 0 Å². The van der Waals surface area contributed by atoms with Gasteiger partial charge in [0.2, 0.25) is 0 Å². The molecule has 16 heavy (non-hydrogen) atoms. The molecule has 2 rings (SSSR count). The minimum Gasteiger partial charge on any atom is -0.377 e. The van der Waals surface area contributed by atoms with Crippen LogP contribution in [0.25, 0.3) is 0 Å². The Balaban J connectivity index is 1.68. The van der Waals surface area contributed by atoms with Crippen molar-refractivity contribution in [2.45, 2.75) is 25.5 Å². The Labute approximate surface area is 95.2 Å². The first-order valence-corrected chi connectivity index (χ1v) is 5.84. The highest BCUT2D eigenvalue weighted by Crippen LogP contribution is 2.10. The Morgan fingerprint density at radius 2 is 2.44 bits per heavy atom. The van der Waals surface area contributed by atoms with Crippen LogP contribution < -0.4 is 10.9 Å². The van der Waals surface area contributed by atoms with Gasteiger partial charge in [-0.1, -0.05) is 6.07 Å². The van der Waals surface area contributed by atoms with Crippen molar-refractivity contribution in [2.75, 3.05) is 19.7 Å². The first-order chi connectivity index (χ1) is 7.86. The molecule has 1 N–H and O–H groups in total. The Hall–Kier alpha value is -1.13. The SMILES string of the molecule is O=c1ccccn1CCNCC1CCCO1. The van der Waals surface area contributed by atoms with E-state index in [1.807, 2.05) is 12.3 Å². The van der Waals surface area contributed by atoms with E-state index in [4.69, 9.17) is 4.74 Å². The van der Waals surface area contributed by atoms with E-state index >= 15 is 0 Å². The number of ether oxygens (including phenoxy) is 1. The molecule has 0 aliphatic carbocycles. The minimum absolute atomic E-state index is 0.0569. The summed E-state index contributed by atoms with van der Waals surface area (Å²) < 4.78 is 7.21. The molecule has 0 aromatic carbocycles. The number of pyridine rings is 1. The van der Waals surface area contributed by atoms with Crippen molar-refractivity contribution >= 4 is 0 Å². The standard InChI is InChI=1S/C12H18N2O2/c15-12-5-1-2-7-14(12)8-6-13-10-11-4-3-9-16-11/h1-2,5,7,11,13H,3-4,6,8-10H2. The Bertz CT molecular complexity index is 369. The third-order valence-corrected chi connectivity index (χ3v) is 2.82. The van der Waals surface area contributed by atoms with Gasteiger partial charge in [0.15, 0.2) is 0 Å². The van der Waals surface area contributed by atoms with E-state index in [-0.39, 0.29) is 5.56 Å². The summed E-state index contributed by atoms with van der Waals surface area (Å²) in [5.41, 5.74) is 0.0569. The molecule has 1 aliphatic heterocycles. The van der Waals surface area contributed by atoms with Gasteiger partial charge in [-0.2, -0.15) is 0 Å². The number of nitrogens with one attached hydrogen (secondary N) is 1. The lowest BCUT2D eigenvalue weighted by Gasteiger charge is -2.11. The lowest BCUT2D eigenvalue weighted by atomic mass is 10.2. The van der Waals surface area contributed by atoms with Crippen molar-refractivity contribution in [1.29, 1.82) is 0 Å². The molecule has 0 spiro atoms. The van der Waals surface area contributed by atoms with Crippen molar-refractivity contribution in [3.8, 4) is 0 Å². The third kappa shape index (κ3) is 3.18. The largest absolute Gasteiger partial charge is 0.377 e. The summed E-state index contributed by atoms with van der Waals surface area (Å²) in [6.45, 7) is 3.31. The molecular formula is C12H18N2O2. The molecule has 1 fully saturated rings. The van der Waals surface area contributed by atoms with Gasteiger partial charge in [0.1, 0.15) is 0 Å². The summed E-state index contributed by atoms with van der Waals surface area (Å²) >= 11 is 0. The zero-order valence-corrected chi connectivity index (χ0v) is 9.39. The molecule has 0 radical (unpaired) electrons. The number of aromatic nitrogens is 1. The maximum atomic E-state index is 11.4. The van der Waals surface area contributed by atoms with Crippen LogP contribution in [0.15, 0.2) is 29.2 Å². The normalized spacial score (nSPS) is 20.1. The summed E-state index contributed by atoms with van der Waals surface area (Å²) in [6, 6.07) is 5.22. The molecule has 2 heterocycles. The number of nitrogens with zero attached hydrogens (tertiary/aromatic N) is 1.